The minimum atomic E-state index is -0.428. The van der Waals surface area contributed by atoms with E-state index in [-0.39, 0.29) is 0 Å². The molecule has 9 aromatic carbocycles. The molecule has 1 heterocycles. The molecule has 302 valence electrons. The van der Waals surface area contributed by atoms with E-state index in [0.29, 0.717) is 11.5 Å². The number of benzene rings is 9. The second kappa shape index (κ2) is 14.5. The lowest BCUT2D eigenvalue weighted by Gasteiger charge is -2.32. The van der Waals surface area contributed by atoms with Crippen LogP contribution in [0.3, 0.4) is 0 Å². The van der Waals surface area contributed by atoms with E-state index in [1.165, 1.54) is 55.7 Å². The lowest BCUT2D eigenvalue weighted by atomic mass is 9.69. The number of rotatable bonds is 6. The van der Waals surface area contributed by atoms with Gasteiger partial charge in [-0.05, 0) is 128 Å². The van der Waals surface area contributed by atoms with Crippen LogP contribution in [-0.2, 0) is 5.41 Å². The van der Waals surface area contributed by atoms with E-state index in [9.17, 15) is 0 Å². The third-order valence-corrected chi connectivity index (χ3v) is 13.6. The Bertz CT molecular complexity index is 3340. The van der Waals surface area contributed by atoms with Crippen LogP contribution in [0.25, 0.3) is 50.1 Å². The van der Waals surface area contributed by atoms with Gasteiger partial charge in [0.2, 0.25) is 0 Å². The number of nitrogens with zero attached hydrogens (tertiary/aromatic N) is 1. The van der Waals surface area contributed by atoms with E-state index in [1.54, 1.807) is 0 Å². The molecule has 1 aliphatic heterocycles. The summed E-state index contributed by atoms with van der Waals surface area (Å²) in [7, 11) is 0. The Labute approximate surface area is 373 Å². The molecular weight excluding hydrogens is 779 g/mol. The summed E-state index contributed by atoms with van der Waals surface area (Å²) in [5.74, 6) is 2.93. The summed E-state index contributed by atoms with van der Waals surface area (Å²) in [6, 6.07) is 76.3. The normalized spacial score (nSPS) is 14.4. The lowest BCUT2D eigenvalue weighted by Crippen LogP contribution is -2.27. The van der Waals surface area contributed by atoms with E-state index < -0.39 is 5.41 Å². The van der Waals surface area contributed by atoms with Crippen molar-refractivity contribution in [2.24, 2.45) is 0 Å². The van der Waals surface area contributed by atoms with Gasteiger partial charge in [0.15, 0.2) is 23.0 Å². The van der Waals surface area contributed by atoms with Crippen LogP contribution in [-0.4, -0.2) is 0 Å². The first-order valence-corrected chi connectivity index (χ1v) is 22.2. The minimum Gasteiger partial charge on any atom is -0.449 e. The molecule has 9 aromatic rings. The Morgan fingerprint density at radius 3 is 1.58 bits per heavy atom. The van der Waals surface area contributed by atoms with Gasteiger partial charge in [-0.3, -0.25) is 0 Å². The van der Waals surface area contributed by atoms with Gasteiger partial charge in [-0.1, -0.05) is 176 Å². The van der Waals surface area contributed by atoms with Gasteiger partial charge >= 0.3 is 0 Å². The van der Waals surface area contributed by atoms with E-state index in [0.717, 1.165) is 63.7 Å². The van der Waals surface area contributed by atoms with Crippen LogP contribution in [0.2, 0.25) is 0 Å². The van der Waals surface area contributed by atoms with Crippen molar-refractivity contribution in [2.45, 2.75) is 18.3 Å². The topological polar surface area (TPSA) is 21.7 Å². The van der Waals surface area contributed by atoms with Crippen LogP contribution in [0.1, 0.15) is 35.1 Å². The number of anilines is 3. The van der Waals surface area contributed by atoms with Crippen molar-refractivity contribution >= 4 is 22.6 Å². The third kappa shape index (κ3) is 5.54. The van der Waals surface area contributed by atoms with Gasteiger partial charge in [0.25, 0.3) is 0 Å². The van der Waals surface area contributed by atoms with Crippen molar-refractivity contribution in [1.82, 2.24) is 0 Å². The SMILES string of the molecule is C1=CC2=C(CC1)c1c(ccc3c1Oc1cc(N(c4cccc(-c5ccccc5)c4)c4cccc(-c5ccc(-c6ccccc6)cc5)c4)ccc1O3)C21c2ccccc2-c2ccccc21. The first-order chi connectivity index (χ1) is 31.7. The van der Waals surface area contributed by atoms with E-state index in [1.807, 2.05) is 0 Å². The van der Waals surface area contributed by atoms with Crippen LogP contribution in [0.5, 0.6) is 23.0 Å². The monoisotopic (exact) mass is 819 g/mol. The number of allylic oxidation sites excluding steroid dienone is 4. The largest absolute Gasteiger partial charge is 0.449 e. The summed E-state index contributed by atoms with van der Waals surface area (Å²) in [5.41, 5.74) is 20.0. The van der Waals surface area contributed by atoms with Crippen molar-refractivity contribution in [3.05, 3.63) is 252 Å². The summed E-state index contributed by atoms with van der Waals surface area (Å²) in [6.07, 6.45) is 6.65. The summed E-state index contributed by atoms with van der Waals surface area (Å²) < 4.78 is 14.1. The van der Waals surface area contributed by atoms with E-state index >= 15 is 0 Å². The zero-order valence-corrected chi connectivity index (χ0v) is 35.0. The van der Waals surface area contributed by atoms with Gasteiger partial charge in [0.05, 0.1) is 11.1 Å². The van der Waals surface area contributed by atoms with E-state index in [2.05, 4.69) is 229 Å². The van der Waals surface area contributed by atoms with E-state index in [4.69, 9.17) is 9.47 Å². The van der Waals surface area contributed by atoms with Crippen LogP contribution in [0.15, 0.2) is 230 Å². The zero-order valence-electron chi connectivity index (χ0n) is 35.0. The summed E-state index contributed by atoms with van der Waals surface area (Å²) in [4.78, 5) is 2.33. The molecular formula is C61H41NO2. The highest BCUT2D eigenvalue weighted by atomic mass is 16.6. The number of fused-ring (bicyclic) bond motifs is 12. The second-order valence-electron chi connectivity index (χ2n) is 17.1. The molecule has 1 spiro atoms. The maximum absolute atomic E-state index is 7.23. The Morgan fingerprint density at radius 2 is 0.922 bits per heavy atom. The molecule has 0 fully saturated rings. The van der Waals surface area contributed by atoms with Gasteiger partial charge in [-0.25, -0.2) is 0 Å². The fraction of sp³-hybridized carbons (Fsp3) is 0.0492. The summed E-state index contributed by atoms with van der Waals surface area (Å²) in [5, 5.41) is 0. The molecule has 0 unspecified atom stereocenters. The molecule has 0 bridgehead atoms. The molecule has 0 aromatic heterocycles. The highest BCUT2D eigenvalue weighted by Gasteiger charge is 2.53. The maximum atomic E-state index is 7.23. The van der Waals surface area contributed by atoms with Gasteiger partial charge in [0.1, 0.15) is 0 Å². The Morgan fingerprint density at radius 1 is 0.391 bits per heavy atom. The molecule has 0 amide bonds. The lowest BCUT2D eigenvalue weighted by molar-refractivity contribution is 0.358. The molecule has 0 N–H and O–H groups in total. The predicted molar refractivity (Wildman–Crippen MR) is 261 cm³/mol. The molecule has 0 atom stereocenters. The average Bonchev–Trinajstić information content (AvgIpc) is 3.84. The fourth-order valence-corrected chi connectivity index (χ4v) is 10.8. The van der Waals surface area contributed by atoms with Crippen LogP contribution in [0.4, 0.5) is 17.1 Å². The van der Waals surface area contributed by atoms with Crippen molar-refractivity contribution in [2.75, 3.05) is 4.90 Å². The predicted octanol–water partition coefficient (Wildman–Crippen LogP) is 16.5. The quantitative estimate of drug-likeness (QED) is 0.167. The number of hydrogen-bond acceptors (Lipinski definition) is 3. The first kappa shape index (κ1) is 36.5. The Balaban J connectivity index is 0.939. The molecule has 3 nitrogen and oxygen atoms in total. The van der Waals surface area contributed by atoms with Crippen LogP contribution >= 0.6 is 0 Å². The van der Waals surface area contributed by atoms with Crippen molar-refractivity contribution < 1.29 is 9.47 Å². The molecule has 4 aliphatic rings. The Kier molecular flexibility index (Phi) is 8.26. The molecule has 0 radical (unpaired) electrons. The highest BCUT2D eigenvalue weighted by molar-refractivity contribution is 5.98. The van der Waals surface area contributed by atoms with Crippen molar-refractivity contribution in [3.8, 4) is 67.5 Å². The average molecular weight is 820 g/mol. The third-order valence-electron chi connectivity index (χ3n) is 13.6. The van der Waals surface area contributed by atoms with Crippen molar-refractivity contribution in [3.63, 3.8) is 0 Å². The summed E-state index contributed by atoms with van der Waals surface area (Å²) in [6.45, 7) is 0. The van der Waals surface area contributed by atoms with Crippen LogP contribution in [0, 0.1) is 0 Å². The molecule has 3 aliphatic carbocycles. The molecule has 0 saturated carbocycles. The smallest absolute Gasteiger partial charge is 0.177 e. The Hall–Kier alpha value is -8.14. The molecule has 0 saturated heterocycles. The number of ether oxygens (including phenoxy) is 2. The van der Waals surface area contributed by atoms with Gasteiger partial charge in [-0.2, -0.15) is 0 Å². The standard InChI is InChI=1S/C61H41NO2/c1-3-15-40(16-4-1)42-29-31-43(32-30-42)45-20-14-22-47(38-45)62(46-21-13-19-44(37-46)41-17-5-2-6-18-41)48-33-35-56-58(39-48)64-60-57(63-56)36-34-55-59(60)51-25-9-12-28-54(51)61(55)52-26-10-7-23-49(52)50-24-8-11-27-53(50)61/h1-8,10-24,26-39H,9,25H2. The van der Waals surface area contributed by atoms with Crippen LogP contribution < -0.4 is 14.4 Å². The minimum absolute atomic E-state index is 0.428. The number of hydrogen-bond donors (Lipinski definition) is 0. The van der Waals surface area contributed by atoms with Gasteiger partial charge < -0.3 is 14.4 Å². The fourth-order valence-electron chi connectivity index (χ4n) is 10.8. The summed E-state index contributed by atoms with van der Waals surface area (Å²) >= 11 is 0. The molecule has 3 heteroatoms. The van der Waals surface area contributed by atoms with Gasteiger partial charge in [0, 0.05) is 23.0 Å². The maximum Gasteiger partial charge on any atom is 0.177 e. The zero-order chi connectivity index (χ0) is 42.2. The molecule has 13 rings (SSSR count). The molecule has 64 heavy (non-hydrogen) atoms. The van der Waals surface area contributed by atoms with Gasteiger partial charge in [-0.15, -0.1) is 0 Å². The first-order valence-electron chi connectivity index (χ1n) is 22.2. The second-order valence-corrected chi connectivity index (χ2v) is 17.1. The van der Waals surface area contributed by atoms with Crippen molar-refractivity contribution in [1.29, 1.82) is 0 Å². The highest BCUT2D eigenvalue weighted by Crippen LogP contribution is 2.66.